The number of rotatable bonds is 12. The summed E-state index contributed by atoms with van der Waals surface area (Å²) in [7, 11) is 1.38. The molecule has 0 heterocycles. The van der Waals surface area contributed by atoms with E-state index in [1.54, 1.807) is 0 Å². The second-order valence-corrected chi connectivity index (χ2v) is 8.67. The number of quaternary nitrogens is 1. The van der Waals surface area contributed by atoms with Crippen LogP contribution >= 0.6 is 0 Å². The summed E-state index contributed by atoms with van der Waals surface area (Å²) >= 11 is 0. The van der Waals surface area contributed by atoms with E-state index in [4.69, 9.17) is 0 Å². The third-order valence-electron chi connectivity index (χ3n) is 4.59. The van der Waals surface area contributed by atoms with Gasteiger partial charge in [0.25, 0.3) is 0 Å². The predicted molar refractivity (Wildman–Crippen MR) is 78.4 cm³/mol. The summed E-state index contributed by atoms with van der Waals surface area (Å²) in [4.78, 5) is 0. The highest BCUT2D eigenvalue weighted by atomic mass is 19.4. The van der Waals surface area contributed by atoms with Crippen molar-refractivity contribution in [2.24, 2.45) is 0 Å². The quantitative estimate of drug-likeness (QED) is 0.158. The zero-order valence-corrected chi connectivity index (χ0v) is 18.0. The lowest BCUT2D eigenvalue weighted by Crippen LogP contribution is -2.77. The number of halogens is 22. The monoisotopic (exact) mass is 624 g/mol. The second-order valence-electron chi connectivity index (χ2n) is 8.67. The number of hydrogen-bond donors (Lipinski definition) is 0. The first-order valence-electron chi connectivity index (χ1n) is 8.77. The Hall–Kier alpha value is -1.58. The summed E-state index contributed by atoms with van der Waals surface area (Å²) in [6.45, 7) is -2.70. The summed E-state index contributed by atoms with van der Waals surface area (Å²) in [5, 5.41) is 0. The van der Waals surface area contributed by atoms with Gasteiger partial charge in [0.05, 0.1) is 21.1 Å². The zero-order valence-electron chi connectivity index (χ0n) is 18.0. The molecule has 0 spiro atoms. The van der Waals surface area contributed by atoms with Gasteiger partial charge in [-0.25, -0.2) is 8.78 Å². The standard InChI is InChI=1S/C15H12F22N/c1-38(2,3)4-6(18,19)8(22,23)10(26,27)12(30,31)14(34,35)15(36,37)13(32,33)11(28,29)9(24,25)7(20,21)5(16)17/h5H,4H2,1-3H3/q+1. The first kappa shape index (κ1) is 36.4. The molecule has 0 bridgehead atoms. The zero-order chi connectivity index (χ0) is 31.8. The van der Waals surface area contributed by atoms with Gasteiger partial charge in [-0.1, -0.05) is 0 Å². The lowest BCUT2D eigenvalue weighted by Gasteiger charge is -2.45. The van der Waals surface area contributed by atoms with Crippen LogP contribution in [0.2, 0.25) is 0 Å². The average Bonchev–Trinajstić information content (AvgIpc) is 2.64. The molecule has 38 heavy (non-hydrogen) atoms. The normalized spacial score (nSPS) is 16.9. The van der Waals surface area contributed by atoms with E-state index in [0.29, 0.717) is 21.1 Å². The van der Waals surface area contributed by atoms with Gasteiger partial charge in [0.2, 0.25) is 0 Å². The van der Waals surface area contributed by atoms with Crippen LogP contribution in [0.1, 0.15) is 0 Å². The van der Waals surface area contributed by atoms with Gasteiger partial charge in [0.1, 0.15) is 6.54 Å². The van der Waals surface area contributed by atoms with Crippen LogP contribution in [-0.2, 0) is 0 Å². The van der Waals surface area contributed by atoms with E-state index in [1.807, 2.05) is 0 Å². The van der Waals surface area contributed by atoms with E-state index in [1.165, 1.54) is 0 Å². The molecular weight excluding hydrogens is 612 g/mol. The summed E-state index contributed by atoms with van der Waals surface area (Å²) < 4.78 is 291. The van der Waals surface area contributed by atoms with Gasteiger partial charge in [-0.15, -0.1) is 0 Å². The highest BCUT2D eigenvalue weighted by molar-refractivity contribution is 5.18. The van der Waals surface area contributed by atoms with E-state index in [0.717, 1.165) is 0 Å². The van der Waals surface area contributed by atoms with Crippen LogP contribution in [0.15, 0.2) is 0 Å². The minimum absolute atomic E-state index is 0.459. The van der Waals surface area contributed by atoms with Gasteiger partial charge in [0.15, 0.2) is 0 Å². The lowest BCUT2D eigenvalue weighted by molar-refractivity contribution is -0.880. The fourth-order valence-corrected chi connectivity index (χ4v) is 2.45. The predicted octanol–water partition coefficient (Wildman–Crippen LogP) is 7.31. The highest BCUT2D eigenvalue weighted by Gasteiger charge is 2.98. The van der Waals surface area contributed by atoms with Crippen LogP contribution in [-0.4, -0.2) is 97.8 Å². The Bertz CT molecular complexity index is 849. The maximum atomic E-state index is 13.7. The Morgan fingerprint density at radius 1 is 0.395 bits per heavy atom. The lowest BCUT2D eigenvalue weighted by atomic mass is 9.85. The van der Waals surface area contributed by atoms with Crippen molar-refractivity contribution in [1.29, 1.82) is 0 Å². The molecule has 1 nitrogen and oxygen atoms in total. The van der Waals surface area contributed by atoms with E-state index >= 15 is 0 Å². The SMILES string of the molecule is C[N+](C)(C)CC(F)(F)C(F)(F)C(F)(F)C(F)(F)C(F)(F)C(F)(F)C(F)(F)C(F)(F)C(F)(F)C(F)(F)C(F)F. The molecule has 230 valence electrons. The van der Waals surface area contributed by atoms with Crippen molar-refractivity contribution >= 4 is 0 Å². The minimum atomic E-state index is -9.23. The van der Waals surface area contributed by atoms with E-state index in [9.17, 15) is 96.6 Å². The molecule has 0 aliphatic carbocycles. The van der Waals surface area contributed by atoms with Crippen LogP contribution in [0.3, 0.4) is 0 Å². The Morgan fingerprint density at radius 2 is 0.605 bits per heavy atom. The van der Waals surface area contributed by atoms with Crippen molar-refractivity contribution in [3.63, 3.8) is 0 Å². The molecule has 0 saturated carbocycles. The molecule has 0 N–H and O–H groups in total. The molecule has 0 radical (unpaired) electrons. The van der Waals surface area contributed by atoms with Gasteiger partial charge in [-0.05, 0) is 0 Å². The van der Waals surface area contributed by atoms with Crippen LogP contribution < -0.4 is 0 Å². The third-order valence-corrected chi connectivity index (χ3v) is 4.59. The second kappa shape index (κ2) is 8.96. The van der Waals surface area contributed by atoms with Crippen LogP contribution in [0.25, 0.3) is 0 Å². The Labute approximate surface area is 195 Å². The first-order valence-corrected chi connectivity index (χ1v) is 8.77. The highest BCUT2D eigenvalue weighted by Crippen LogP contribution is 2.66. The van der Waals surface area contributed by atoms with Crippen molar-refractivity contribution in [2.75, 3.05) is 27.7 Å². The molecular formula is C15H12F22N+. The molecule has 0 aliphatic rings. The van der Waals surface area contributed by atoms with Crippen LogP contribution in [0.4, 0.5) is 96.6 Å². The van der Waals surface area contributed by atoms with E-state index < -0.39 is 76.7 Å². The van der Waals surface area contributed by atoms with Gasteiger partial charge in [-0.2, -0.15) is 87.8 Å². The fourth-order valence-electron chi connectivity index (χ4n) is 2.45. The maximum absolute atomic E-state index is 13.7. The maximum Gasteiger partial charge on any atom is 0.385 e. The molecule has 0 unspecified atom stereocenters. The smallest absolute Gasteiger partial charge is 0.326 e. The fraction of sp³-hybridized carbons (Fsp3) is 1.00. The summed E-state index contributed by atoms with van der Waals surface area (Å²) in [5.74, 6) is -85.0. The third kappa shape index (κ3) is 4.60. The minimum Gasteiger partial charge on any atom is -0.326 e. The molecule has 0 amide bonds. The van der Waals surface area contributed by atoms with Crippen molar-refractivity contribution < 1.29 is 101 Å². The Morgan fingerprint density at radius 3 is 0.816 bits per heavy atom. The van der Waals surface area contributed by atoms with Gasteiger partial charge >= 0.3 is 65.7 Å². The Kier molecular flexibility index (Phi) is 8.59. The van der Waals surface area contributed by atoms with Crippen molar-refractivity contribution in [1.82, 2.24) is 0 Å². The molecule has 0 rings (SSSR count). The Balaban J connectivity index is 7.14. The van der Waals surface area contributed by atoms with Crippen LogP contribution in [0.5, 0.6) is 0 Å². The molecule has 0 aliphatic heterocycles. The molecule has 0 aromatic heterocycles. The number of alkyl halides is 22. The number of hydrogen-bond acceptors (Lipinski definition) is 0. The largest absolute Gasteiger partial charge is 0.385 e. The van der Waals surface area contributed by atoms with Gasteiger partial charge in [0, 0.05) is 0 Å². The molecule has 0 aromatic rings. The van der Waals surface area contributed by atoms with Gasteiger partial charge in [-0.3, -0.25) is 0 Å². The topological polar surface area (TPSA) is 0 Å². The average molecular weight is 624 g/mol. The first-order chi connectivity index (χ1) is 15.9. The number of nitrogens with zero attached hydrogens (tertiary/aromatic N) is 1. The molecule has 0 fully saturated rings. The summed E-state index contributed by atoms with van der Waals surface area (Å²) in [5.41, 5.74) is 0. The van der Waals surface area contributed by atoms with E-state index in [2.05, 4.69) is 0 Å². The molecule has 0 saturated heterocycles. The van der Waals surface area contributed by atoms with Crippen LogP contribution in [0, 0.1) is 0 Å². The van der Waals surface area contributed by atoms with Crippen molar-refractivity contribution in [3.05, 3.63) is 0 Å². The molecule has 0 atom stereocenters. The van der Waals surface area contributed by atoms with E-state index in [-0.39, 0.29) is 0 Å². The van der Waals surface area contributed by atoms with Gasteiger partial charge < -0.3 is 4.48 Å². The molecule has 0 aromatic carbocycles. The molecule has 23 heteroatoms. The summed E-state index contributed by atoms with van der Waals surface area (Å²) in [6, 6.07) is 0. The van der Waals surface area contributed by atoms with Crippen molar-refractivity contribution in [3.8, 4) is 0 Å². The van der Waals surface area contributed by atoms with Crippen molar-refractivity contribution in [2.45, 2.75) is 65.7 Å². The summed E-state index contributed by atoms with van der Waals surface area (Å²) in [6.07, 6.45) is -6.17.